The van der Waals surface area contributed by atoms with Crippen molar-refractivity contribution in [1.82, 2.24) is 5.32 Å². The van der Waals surface area contributed by atoms with Crippen molar-refractivity contribution >= 4 is 17.4 Å². The number of rotatable bonds is 7. The van der Waals surface area contributed by atoms with E-state index < -0.39 is 53.8 Å². The fraction of sp³-hybridized carbons (Fsp3) is 0.429. The summed E-state index contributed by atoms with van der Waals surface area (Å²) < 4.78 is 91.9. The summed E-state index contributed by atoms with van der Waals surface area (Å²) in [5, 5.41) is 2.01. The molecule has 0 radical (unpaired) electrons. The minimum atomic E-state index is -4.99. The van der Waals surface area contributed by atoms with Gasteiger partial charge in [-0.25, -0.2) is 4.79 Å². The molecule has 3 rings (SSSR count). The molecule has 0 aromatic heterocycles. The highest BCUT2D eigenvalue weighted by Crippen LogP contribution is 2.49. The molecule has 0 spiro atoms. The summed E-state index contributed by atoms with van der Waals surface area (Å²) in [7, 11) is 0. The van der Waals surface area contributed by atoms with Gasteiger partial charge in [0.1, 0.15) is 16.9 Å². The van der Waals surface area contributed by atoms with Crippen molar-refractivity contribution in [2.24, 2.45) is 0 Å². The van der Waals surface area contributed by atoms with Crippen molar-refractivity contribution in [3.05, 3.63) is 70.8 Å². The Morgan fingerprint density at radius 3 is 2.05 bits per heavy atom. The minimum Gasteiger partial charge on any atom is -0.494 e. The normalized spacial score (nSPS) is 18.6. The number of esters is 1. The number of carbonyl (C=O) groups excluding carboxylic acids is 2. The van der Waals surface area contributed by atoms with Crippen LogP contribution in [0.2, 0.25) is 0 Å². The number of aryl methyl sites for hydroxylation is 1. The molecule has 0 saturated heterocycles. The van der Waals surface area contributed by atoms with Gasteiger partial charge >= 0.3 is 18.3 Å². The molecule has 0 fully saturated rings. The van der Waals surface area contributed by atoms with Crippen molar-refractivity contribution in [3.8, 4) is 5.75 Å². The van der Waals surface area contributed by atoms with Gasteiger partial charge in [-0.05, 0) is 62.9 Å². The third-order valence-electron chi connectivity index (χ3n) is 6.01. The summed E-state index contributed by atoms with van der Waals surface area (Å²) in [5.74, 6) is -2.21. The molecule has 39 heavy (non-hydrogen) atoms. The Bertz CT molecular complexity index is 1230. The number of hydrogen-bond donors (Lipinski definition) is 1. The average Bonchev–Trinajstić information content (AvgIpc) is 2.79. The molecule has 0 unspecified atom stereocenters. The van der Waals surface area contributed by atoms with E-state index in [1.165, 1.54) is 24.3 Å². The number of halogens is 6. The molecular weight excluding hydrogens is 528 g/mol. The van der Waals surface area contributed by atoms with Crippen LogP contribution in [0.3, 0.4) is 0 Å². The number of carbonyl (C=O) groups is 2. The van der Waals surface area contributed by atoms with E-state index in [0.717, 1.165) is 17.7 Å². The Balaban J connectivity index is 2.03. The van der Waals surface area contributed by atoms with E-state index in [9.17, 15) is 35.9 Å². The van der Waals surface area contributed by atoms with Gasteiger partial charge in [0.25, 0.3) is 5.91 Å². The predicted octanol–water partition coefficient (Wildman–Crippen LogP) is 6.79. The fourth-order valence-electron chi connectivity index (χ4n) is 4.14. The Morgan fingerprint density at radius 1 is 0.949 bits per heavy atom. The third kappa shape index (κ3) is 7.33. The second-order valence-corrected chi connectivity index (χ2v) is 10.3. The maximum Gasteiger partial charge on any atom is 0.416 e. The first kappa shape index (κ1) is 30.0. The van der Waals surface area contributed by atoms with Crippen molar-refractivity contribution in [1.29, 1.82) is 0 Å². The summed E-state index contributed by atoms with van der Waals surface area (Å²) in [4.78, 5) is 26.2. The highest BCUT2D eigenvalue weighted by molar-refractivity contribution is 6.23. The molecule has 1 aliphatic rings. The molecule has 1 aliphatic heterocycles. The second kappa shape index (κ2) is 10.9. The molecular formula is C28H29F6NO4. The summed E-state index contributed by atoms with van der Waals surface area (Å²) >= 11 is 0. The van der Waals surface area contributed by atoms with Gasteiger partial charge in [0, 0.05) is 12.8 Å². The lowest BCUT2D eigenvalue weighted by Crippen LogP contribution is -2.59. The van der Waals surface area contributed by atoms with E-state index in [0.29, 0.717) is 0 Å². The van der Waals surface area contributed by atoms with Crippen LogP contribution in [-0.2, 0) is 19.9 Å². The first-order valence-electron chi connectivity index (χ1n) is 12.1. The Kier molecular flexibility index (Phi) is 8.43. The van der Waals surface area contributed by atoms with Gasteiger partial charge in [-0.2, -0.15) is 26.3 Å². The summed E-state index contributed by atoms with van der Waals surface area (Å²) in [5.41, 5.74) is -3.79. The van der Waals surface area contributed by atoms with Crippen LogP contribution in [0, 0.1) is 6.92 Å². The molecule has 0 bridgehead atoms. The topological polar surface area (TPSA) is 64.6 Å². The third-order valence-corrected chi connectivity index (χ3v) is 6.01. The average molecular weight is 558 g/mol. The molecule has 2 aromatic carbocycles. The number of ether oxygens (including phenoxy) is 2. The molecule has 1 atom stereocenters. The van der Waals surface area contributed by atoms with Gasteiger partial charge in [0.15, 0.2) is 5.54 Å². The SMILES string of the molecule is Cc1ccc(C2=C(C(=O)OC(C)(C)C)C(=O)N[C@@](c3ccc(OCCCC(F)(F)F)cc3)(C(F)(F)F)C2)cc1. The van der Waals surface area contributed by atoms with E-state index in [1.54, 1.807) is 39.8 Å². The van der Waals surface area contributed by atoms with Crippen LogP contribution in [0.15, 0.2) is 54.1 Å². The molecule has 0 aliphatic carbocycles. The van der Waals surface area contributed by atoms with Crippen molar-refractivity contribution in [2.75, 3.05) is 6.61 Å². The zero-order valence-electron chi connectivity index (χ0n) is 21.8. The first-order chi connectivity index (χ1) is 17.9. The van der Waals surface area contributed by atoms with Gasteiger partial charge in [-0.1, -0.05) is 42.0 Å². The van der Waals surface area contributed by atoms with E-state index in [1.807, 2.05) is 5.32 Å². The smallest absolute Gasteiger partial charge is 0.416 e. The predicted molar refractivity (Wildman–Crippen MR) is 132 cm³/mol. The molecule has 212 valence electrons. The number of nitrogens with one attached hydrogen (secondary N) is 1. The first-order valence-corrected chi connectivity index (χ1v) is 12.1. The Morgan fingerprint density at radius 2 is 1.54 bits per heavy atom. The van der Waals surface area contributed by atoms with Crippen LogP contribution in [0.1, 0.15) is 56.7 Å². The van der Waals surface area contributed by atoms with Crippen molar-refractivity contribution in [3.63, 3.8) is 0 Å². The Hall–Kier alpha value is -3.50. The van der Waals surface area contributed by atoms with Crippen LogP contribution in [0.25, 0.3) is 5.57 Å². The van der Waals surface area contributed by atoms with Crippen molar-refractivity contribution in [2.45, 2.75) is 70.4 Å². The minimum absolute atomic E-state index is 0.0733. The maximum atomic E-state index is 14.8. The lowest BCUT2D eigenvalue weighted by Gasteiger charge is -2.41. The molecule has 1 amide bonds. The molecule has 1 heterocycles. The number of benzene rings is 2. The standard InChI is InChI=1S/C28H29F6NO4/c1-17-6-8-18(9-7-17)21-16-26(28(32,33)34,35-23(36)22(21)24(37)39-25(2,3)4)19-10-12-20(13-11-19)38-15-5-14-27(29,30)31/h6-13H,5,14-16H2,1-4H3,(H,35,36)/t26-/m0/s1. The monoisotopic (exact) mass is 557 g/mol. The lowest BCUT2D eigenvalue weighted by molar-refractivity contribution is -0.202. The van der Waals surface area contributed by atoms with E-state index in [2.05, 4.69) is 0 Å². The molecule has 0 saturated carbocycles. The molecule has 5 nitrogen and oxygen atoms in total. The van der Waals surface area contributed by atoms with Gasteiger partial charge in [0.05, 0.1) is 6.61 Å². The van der Waals surface area contributed by atoms with Crippen LogP contribution in [0.4, 0.5) is 26.3 Å². The maximum absolute atomic E-state index is 14.8. The summed E-state index contributed by atoms with van der Waals surface area (Å²) in [6.07, 6.45) is -11.5. The van der Waals surface area contributed by atoms with E-state index >= 15 is 0 Å². The van der Waals surface area contributed by atoms with Gasteiger partial charge in [0.2, 0.25) is 0 Å². The highest BCUT2D eigenvalue weighted by Gasteiger charge is 2.60. The molecule has 2 aromatic rings. The highest BCUT2D eigenvalue weighted by atomic mass is 19.4. The second-order valence-electron chi connectivity index (χ2n) is 10.3. The number of alkyl halides is 6. The fourth-order valence-corrected chi connectivity index (χ4v) is 4.14. The molecule has 11 heteroatoms. The summed E-state index contributed by atoms with van der Waals surface area (Å²) in [6.45, 7) is 6.23. The Labute approximate surface area is 222 Å². The summed E-state index contributed by atoms with van der Waals surface area (Å²) in [6, 6.07) is 11.0. The van der Waals surface area contributed by atoms with E-state index in [-0.39, 0.29) is 35.5 Å². The van der Waals surface area contributed by atoms with Gasteiger partial charge < -0.3 is 14.8 Å². The lowest BCUT2D eigenvalue weighted by atomic mass is 9.76. The van der Waals surface area contributed by atoms with Crippen LogP contribution >= 0.6 is 0 Å². The van der Waals surface area contributed by atoms with Crippen LogP contribution in [-0.4, -0.2) is 36.4 Å². The largest absolute Gasteiger partial charge is 0.494 e. The molecule has 1 N–H and O–H groups in total. The van der Waals surface area contributed by atoms with Crippen molar-refractivity contribution < 1.29 is 45.4 Å². The number of amides is 1. The van der Waals surface area contributed by atoms with Gasteiger partial charge in [-0.15, -0.1) is 0 Å². The van der Waals surface area contributed by atoms with Crippen LogP contribution < -0.4 is 10.1 Å². The number of hydrogen-bond acceptors (Lipinski definition) is 4. The zero-order valence-corrected chi connectivity index (χ0v) is 21.8. The van der Waals surface area contributed by atoms with Gasteiger partial charge in [-0.3, -0.25) is 4.79 Å². The zero-order chi connectivity index (χ0) is 29.2. The van der Waals surface area contributed by atoms with Crippen LogP contribution in [0.5, 0.6) is 5.75 Å². The van der Waals surface area contributed by atoms with E-state index in [4.69, 9.17) is 9.47 Å². The quantitative estimate of drug-likeness (QED) is 0.176.